The molecule has 170 valence electrons. The third-order valence-corrected chi connectivity index (χ3v) is 5.90. The summed E-state index contributed by atoms with van der Waals surface area (Å²) >= 11 is 5.83. The first kappa shape index (κ1) is 22.5. The maximum absolute atomic E-state index is 13.4. The molecule has 7 nitrogen and oxygen atoms in total. The summed E-state index contributed by atoms with van der Waals surface area (Å²) in [6, 6.07) is 7.60. The summed E-state index contributed by atoms with van der Waals surface area (Å²) in [5.74, 6) is -0.868. The van der Waals surface area contributed by atoms with Crippen LogP contribution >= 0.6 is 11.6 Å². The summed E-state index contributed by atoms with van der Waals surface area (Å²) in [5.41, 5.74) is 2.14. The summed E-state index contributed by atoms with van der Waals surface area (Å²) in [4.78, 5) is 31.8. The number of amides is 2. The van der Waals surface area contributed by atoms with Crippen LogP contribution in [0.4, 0.5) is 10.1 Å². The Balaban J connectivity index is 1.72. The van der Waals surface area contributed by atoms with Gasteiger partial charge in [-0.15, -0.1) is 11.6 Å². The number of hydrogen-bond donors (Lipinski definition) is 1. The Hall–Kier alpha value is -2.71. The lowest BCUT2D eigenvalue weighted by atomic mass is 10.0. The first-order valence-corrected chi connectivity index (χ1v) is 11.2. The predicted octanol–water partition coefficient (Wildman–Crippen LogP) is 3.07. The quantitative estimate of drug-likeness (QED) is 0.692. The molecule has 1 N–H and O–H groups in total. The zero-order valence-electron chi connectivity index (χ0n) is 17.8. The van der Waals surface area contributed by atoms with Crippen molar-refractivity contribution in [1.29, 1.82) is 0 Å². The molecule has 1 atom stereocenters. The highest BCUT2D eigenvalue weighted by Gasteiger charge is 2.32. The molecule has 32 heavy (non-hydrogen) atoms. The molecule has 0 unspecified atom stereocenters. The van der Waals surface area contributed by atoms with Crippen LogP contribution in [0.5, 0.6) is 5.88 Å². The van der Waals surface area contributed by atoms with Crippen LogP contribution < -0.4 is 15.0 Å². The van der Waals surface area contributed by atoms with E-state index in [-0.39, 0.29) is 53.8 Å². The fraction of sp³-hybridized carbons (Fsp3) is 0.435. The van der Waals surface area contributed by atoms with Gasteiger partial charge in [0.2, 0.25) is 11.8 Å². The van der Waals surface area contributed by atoms with Crippen LogP contribution in [0, 0.1) is 5.82 Å². The van der Waals surface area contributed by atoms with E-state index in [1.807, 2.05) is 6.92 Å². The number of carbonyl (C=O) groups excluding carboxylic acids is 2. The highest BCUT2D eigenvalue weighted by Crippen LogP contribution is 2.35. The van der Waals surface area contributed by atoms with Crippen molar-refractivity contribution < 1.29 is 23.5 Å². The Morgan fingerprint density at radius 3 is 2.66 bits per heavy atom. The highest BCUT2D eigenvalue weighted by atomic mass is 35.5. The van der Waals surface area contributed by atoms with E-state index in [4.69, 9.17) is 21.1 Å². The Morgan fingerprint density at radius 1 is 1.25 bits per heavy atom. The summed E-state index contributed by atoms with van der Waals surface area (Å²) in [6.07, 6.45) is 1.81. The van der Waals surface area contributed by atoms with Crippen molar-refractivity contribution in [3.8, 4) is 5.88 Å². The van der Waals surface area contributed by atoms with Crippen LogP contribution in [-0.2, 0) is 16.0 Å². The number of nitrogens with one attached hydrogen (secondary N) is 1. The van der Waals surface area contributed by atoms with Crippen LogP contribution in [0.3, 0.4) is 0 Å². The maximum Gasteiger partial charge on any atom is 0.270 e. The number of alkyl halides is 1. The van der Waals surface area contributed by atoms with Gasteiger partial charge in [-0.1, -0.05) is 12.1 Å². The van der Waals surface area contributed by atoms with Crippen LogP contribution in [0.15, 0.2) is 30.3 Å². The molecular weight excluding hydrogens is 437 g/mol. The summed E-state index contributed by atoms with van der Waals surface area (Å²) in [5, 5.41) is 3.03. The van der Waals surface area contributed by atoms with E-state index in [1.54, 1.807) is 23.1 Å². The molecule has 4 rings (SSSR count). The third kappa shape index (κ3) is 4.86. The monoisotopic (exact) mass is 461 g/mol. The Bertz CT molecular complexity index is 995. The average Bonchev–Trinajstić information content (AvgIpc) is 2.80. The summed E-state index contributed by atoms with van der Waals surface area (Å²) in [6.45, 7) is 3.31. The summed E-state index contributed by atoms with van der Waals surface area (Å²) < 4.78 is 24.5. The second-order valence-electron chi connectivity index (χ2n) is 8.04. The SMILES string of the molecule is C[C@H]1COc2nc(C(=O)NC3CCOCC3)c(Cc3ccc(F)cc3)cc2N1C(=O)CCl. The van der Waals surface area contributed by atoms with Crippen molar-refractivity contribution >= 4 is 29.1 Å². The Labute approximate surface area is 190 Å². The Kier molecular flexibility index (Phi) is 6.91. The topological polar surface area (TPSA) is 80.8 Å². The number of aromatic nitrogens is 1. The number of anilines is 1. The lowest BCUT2D eigenvalue weighted by Crippen LogP contribution is -2.46. The molecule has 2 amide bonds. The first-order valence-electron chi connectivity index (χ1n) is 10.6. The molecule has 1 aromatic heterocycles. The molecule has 0 aliphatic carbocycles. The number of nitrogens with zero attached hydrogens (tertiary/aromatic N) is 2. The van der Waals surface area contributed by atoms with E-state index in [0.717, 1.165) is 18.4 Å². The maximum atomic E-state index is 13.4. The van der Waals surface area contributed by atoms with Crippen LogP contribution in [0.25, 0.3) is 0 Å². The first-order chi connectivity index (χ1) is 15.5. The van der Waals surface area contributed by atoms with E-state index < -0.39 is 0 Å². The van der Waals surface area contributed by atoms with Crippen LogP contribution in [0.1, 0.15) is 41.4 Å². The van der Waals surface area contributed by atoms with E-state index in [0.29, 0.717) is 30.9 Å². The minimum absolute atomic E-state index is 0.00280. The van der Waals surface area contributed by atoms with Gasteiger partial charge in [-0.2, -0.15) is 0 Å². The van der Waals surface area contributed by atoms with Gasteiger partial charge in [0.15, 0.2) is 0 Å². The molecule has 2 aliphatic heterocycles. The van der Waals surface area contributed by atoms with E-state index in [1.165, 1.54) is 12.1 Å². The van der Waals surface area contributed by atoms with Crippen molar-refractivity contribution in [3.63, 3.8) is 0 Å². The standard InChI is InChI=1S/C23H25ClFN3O4/c1-14-13-32-23-19(28(14)20(29)12-24)11-16(10-15-2-4-17(25)5-3-15)21(27-23)22(30)26-18-6-8-31-9-7-18/h2-5,11,14,18H,6-10,12-13H2,1H3,(H,26,30)/t14-/m0/s1. The second-order valence-corrected chi connectivity index (χ2v) is 8.31. The number of hydrogen-bond acceptors (Lipinski definition) is 5. The third-order valence-electron chi connectivity index (χ3n) is 5.67. The van der Waals surface area contributed by atoms with Gasteiger partial charge >= 0.3 is 0 Å². The fourth-order valence-corrected chi connectivity index (χ4v) is 4.14. The number of pyridine rings is 1. The van der Waals surface area contributed by atoms with Crippen LogP contribution in [-0.4, -0.2) is 54.6 Å². The van der Waals surface area contributed by atoms with Crippen LogP contribution in [0.2, 0.25) is 0 Å². The molecule has 1 saturated heterocycles. The number of carbonyl (C=O) groups is 2. The van der Waals surface area contributed by atoms with Gasteiger partial charge in [0.1, 0.15) is 29.7 Å². The van der Waals surface area contributed by atoms with Gasteiger partial charge in [-0.05, 0) is 55.5 Å². The molecule has 1 aromatic carbocycles. The normalized spacial score (nSPS) is 18.6. The molecule has 3 heterocycles. The summed E-state index contributed by atoms with van der Waals surface area (Å²) in [7, 11) is 0. The number of benzene rings is 1. The molecular formula is C23H25ClFN3O4. The molecule has 0 bridgehead atoms. The number of rotatable bonds is 5. The van der Waals surface area contributed by atoms with E-state index in [9.17, 15) is 14.0 Å². The van der Waals surface area contributed by atoms with Gasteiger partial charge in [0.05, 0.1) is 6.04 Å². The highest BCUT2D eigenvalue weighted by molar-refractivity contribution is 6.29. The lowest BCUT2D eigenvalue weighted by Gasteiger charge is -2.34. The second kappa shape index (κ2) is 9.83. The van der Waals surface area contributed by atoms with Gasteiger partial charge in [-0.3, -0.25) is 9.59 Å². The minimum atomic E-state index is -0.337. The number of ether oxygens (including phenoxy) is 2. The van der Waals surface area contributed by atoms with Gasteiger partial charge in [-0.25, -0.2) is 9.37 Å². The molecule has 0 radical (unpaired) electrons. The van der Waals surface area contributed by atoms with Gasteiger partial charge in [0.25, 0.3) is 5.91 Å². The molecule has 2 aromatic rings. The van der Waals surface area contributed by atoms with Crippen molar-refractivity contribution in [2.75, 3.05) is 30.6 Å². The fourth-order valence-electron chi connectivity index (χ4n) is 4.01. The van der Waals surface area contributed by atoms with E-state index in [2.05, 4.69) is 10.3 Å². The zero-order chi connectivity index (χ0) is 22.7. The molecule has 9 heteroatoms. The molecule has 2 aliphatic rings. The van der Waals surface area contributed by atoms with Gasteiger partial charge < -0.3 is 19.7 Å². The Morgan fingerprint density at radius 2 is 1.97 bits per heavy atom. The predicted molar refractivity (Wildman–Crippen MR) is 118 cm³/mol. The molecule has 0 saturated carbocycles. The van der Waals surface area contributed by atoms with Crippen molar-refractivity contribution in [2.24, 2.45) is 0 Å². The van der Waals surface area contributed by atoms with Crippen molar-refractivity contribution in [1.82, 2.24) is 10.3 Å². The van der Waals surface area contributed by atoms with Crippen molar-refractivity contribution in [2.45, 2.75) is 38.3 Å². The molecule has 0 spiro atoms. The van der Waals surface area contributed by atoms with Crippen molar-refractivity contribution in [3.05, 3.63) is 53.0 Å². The number of halogens is 2. The smallest absolute Gasteiger partial charge is 0.270 e. The largest absolute Gasteiger partial charge is 0.474 e. The van der Waals surface area contributed by atoms with Gasteiger partial charge in [0, 0.05) is 19.3 Å². The number of fused-ring (bicyclic) bond motifs is 1. The lowest BCUT2D eigenvalue weighted by molar-refractivity contribution is -0.117. The molecule has 1 fully saturated rings. The average molecular weight is 462 g/mol. The van der Waals surface area contributed by atoms with E-state index >= 15 is 0 Å². The zero-order valence-corrected chi connectivity index (χ0v) is 18.5. The minimum Gasteiger partial charge on any atom is -0.474 e.